The molecule has 0 saturated heterocycles. The topological polar surface area (TPSA) is 91.7 Å². The number of hydrogen-bond donors (Lipinski definition) is 2. The number of carboxylic acids is 2. The van der Waals surface area contributed by atoms with E-state index in [0.29, 0.717) is 5.56 Å². The van der Waals surface area contributed by atoms with Crippen LogP contribution in [0.15, 0.2) is 24.3 Å². The highest BCUT2D eigenvalue weighted by atomic mass is 16.4. The van der Waals surface area contributed by atoms with Crippen LogP contribution in [0.1, 0.15) is 15.9 Å². The van der Waals surface area contributed by atoms with Gasteiger partial charge in [0.05, 0.1) is 5.92 Å². The molecule has 1 aromatic rings. The molecule has 1 aliphatic rings. The van der Waals surface area contributed by atoms with E-state index in [-0.39, 0.29) is 6.42 Å². The molecule has 5 nitrogen and oxygen atoms in total. The number of Topliss-reactive ketones (excluding diaryl/α,β-unsaturated/α-hetero) is 1. The second-order valence-electron chi connectivity index (χ2n) is 3.99. The van der Waals surface area contributed by atoms with Crippen molar-refractivity contribution in [1.82, 2.24) is 0 Å². The van der Waals surface area contributed by atoms with Crippen molar-refractivity contribution in [1.29, 1.82) is 0 Å². The summed E-state index contributed by atoms with van der Waals surface area (Å²) in [4.78, 5) is 33.7. The van der Waals surface area contributed by atoms with Gasteiger partial charge in [-0.3, -0.25) is 14.4 Å². The molecular weight excluding hydrogens is 224 g/mol. The first-order valence-electron chi connectivity index (χ1n) is 5.10. The molecule has 2 rings (SSSR count). The van der Waals surface area contributed by atoms with E-state index >= 15 is 0 Å². The maximum Gasteiger partial charge on any atom is 0.318 e. The van der Waals surface area contributed by atoms with E-state index in [1.54, 1.807) is 24.3 Å². The lowest BCUT2D eigenvalue weighted by Gasteiger charge is -2.13. The normalized spacial score (nSPS) is 18.2. The van der Waals surface area contributed by atoms with Crippen molar-refractivity contribution in [3.8, 4) is 0 Å². The third-order valence-corrected chi connectivity index (χ3v) is 2.99. The number of carboxylic acid groups (broad SMARTS) is 2. The van der Waals surface area contributed by atoms with Gasteiger partial charge in [0, 0.05) is 5.56 Å². The molecule has 0 spiro atoms. The molecule has 0 saturated carbocycles. The molecule has 0 amide bonds. The smallest absolute Gasteiger partial charge is 0.318 e. The first-order valence-corrected chi connectivity index (χ1v) is 5.10. The fourth-order valence-corrected chi connectivity index (χ4v) is 2.19. The predicted octanol–water partition coefficient (Wildman–Crippen LogP) is 0.827. The Kier molecular flexibility index (Phi) is 2.67. The van der Waals surface area contributed by atoms with Gasteiger partial charge < -0.3 is 10.2 Å². The zero-order valence-electron chi connectivity index (χ0n) is 8.79. The summed E-state index contributed by atoms with van der Waals surface area (Å²) in [5, 5.41) is 17.7. The fourth-order valence-electron chi connectivity index (χ4n) is 2.19. The van der Waals surface area contributed by atoms with E-state index in [9.17, 15) is 14.4 Å². The monoisotopic (exact) mass is 234 g/mol. The molecule has 0 aromatic heterocycles. The summed E-state index contributed by atoms with van der Waals surface area (Å²) < 4.78 is 0. The summed E-state index contributed by atoms with van der Waals surface area (Å²) in [6.07, 6.45) is 0.179. The van der Waals surface area contributed by atoms with E-state index in [0.717, 1.165) is 5.56 Å². The van der Waals surface area contributed by atoms with Gasteiger partial charge in [0.2, 0.25) is 0 Å². The number of carbonyl (C=O) groups excluding carboxylic acids is 1. The molecule has 5 heteroatoms. The van der Waals surface area contributed by atoms with Gasteiger partial charge >= 0.3 is 11.9 Å². The average Bonchev–Trinajstić information content (AvgIpc) is 2.56. The molecule has 1 aliphatic carbocycles. The van der Waals surface area contributed by atoms with Gasteiger partial charge in [-0.1, -0.05) is 24.3 Å². The maximum atomic E-state index is 11.9. The Bertz CT molecular complexity index is 491. The molecule has 0 aliphatic heterocycles. The number of carbonyl (C=O) groups is 3. The van der Waals surface area contributed by atoms with Crippen LogP contribution in [0.2, 0.25) is 0 Å². The lowest BCUT2D eigenvalue weighted by Crippen LogP contribution is -2.34. The molecule has 1 atom stereocenters. The lowest BCUT2D eigenvalue weighted by atomic mass is 9.89. The van der Waals surface area contributed by atoms with Crippen LogP contribution in [-0.2, 0) is 16.0 Å². The second-order valence-corrected chi connectivity index (χ2v) is 3.99. The van der Waals surface area contributed by atoms with Crippen molar-refractivity contribution in [2.75, 3.05) is 0 Å². The summed E-state index contributed by atoms with van der Waals surface area (Å²) in [6.45, 7) is 0. The molecular formula is C12H10O5. The maximum absolute atomic E-state index is 11.9. The van der Waals surface area contributed by atoms with Gasteiger partial charge in [-0.05, 0) is 12.0 Å². The fraction of sp³-hybridized carbons (Fsp3) is 0.250. The highest BCUT2D eigenvalue weighted by molar-refractivity contribution is 6.08. The third-order valence-electron chi connectivity index (χ3n) is 2.99. The Balaban J connectivity index is 2.36. The minimum atomic E-state index is -1.67. The van der Waals surface area contributed by atoms with Crippen LogP contribution in [0.25, 0.3) is 0 Å². The number of fused-ring (bicyclic) bond motifs is 1. The lowest BCUT2D eigenvalue weighted by molar-refractivity contribution is -0.156. The predicted molar refractivity (Wildman–Crippen MR) is 56.7 cm³/mol. The van der Waals surface area contributed by atoms with Crippen LogP contribution in [0.3, 0.4) is 0 Å². The summed E-state index contributed by atoms with van der Waals surface area (Å²) >= 11 is 0. The third kappa shape index (κ3) is 1.80. The highest BCUT2D eigenvalue weighted by Crippen LogP contribution is 2.31. The molecule has 0 bridgehead atoms. The van der Waals surface area contributed by atoms with E-state index < -0.39 is 29.6 Å². The zero-order valence-corrected chi connectivity index (χ0v) is 8.79. The molecule has 88 valence electrons. The summed E-state index contributed by atoms with van der Waals surface area (Å²) in [5.74, 6) is -6.00. The quantitative estimate of drug-likeness (QED) is 0.755. The van der Waals surface area contributed by atoms with E-state index in [4.69, 9.17) is 10.2 Å². The van der Waals surface area contributed by atoms with Crippen molar-refractivity contribution in [2.45, 2.75) is 6.42 Å². The zero-order chi connectivity index (χ0) is 12.6. The van der Waals surface area contributed by atoms with E-state index in [2.05, 4.69) is 0 Å². The SMILES string of the molecule is O=C1c2ccccc2CC1C(C(=O)O)C(=O)O. The Morgan fingerprint density at radius 2 is 1.76 bits per heavy atom. The van der Waals surface area contributed by atoms with E-state index in [1.165, 1.54) is 0 Å². The van der Waals surface area contributed by atoms with Crippen LogP contribution in [0.5, 0.6) is 0 Å². The Hall–Kier alpha value is -2.17. The Morgan fingerprint density at radius 1 is 1.18 bits per heavy atom. The van der Waals surface area contributed by atoms with Gasteiger partial charge in [0.15, 0.2) is 11.7 Å². The van der Waals surface area contributed by atoms with Gasteiger partial charge in [0.1, 0.15) is 0 Å². The van der Waals surface area contributed by atoms with Crippen molar-refractivity contribution in [3.63, 3.8) is 0 Å². The minimum absolute atomic E-state index is 0.179. The van der Waals surface area contributed by atoms with E-state index in [1.807, 2.05) is 0 Å². The van der Waals surface area contributed by atoms with Crippen LogP contribution < -0.4 is 0 Å². The Morgan fingerprint density at radius 3 is 2.29 bits per heavy atom. The molecule has 0 radical (unpaired) electrons. The molecule has 0 heterocycles. The van der Waals surface area contributed by atoms with Crippen LogP contribution >= 0.6 is 0 Å². The van der Waals surface area contributed by atoms with Gasteiger partial charge in [-0.15, -0.1) is 0 Å². The first-order chi connectivity index (χ1) is 8.02. The van der Waals surface area contributed by atoms with Gasteiger partial charge in [-0.2, -0.15) is 0 Å². The van der Waals surface area contributed by atoms with Crippen molar-refractivity contribution < 1.29 is 24.6 Å². The van der Waals surface area contributed by atoms with Crippen LogP contribution in [0, 0.1) is 11.8 Å². The Labute approximate surface area is 96.7 Å². The van der Waals surface area contributed by atoms with Gasteiger partial charge in [0.25, 0.3) is 0 Å². The van der Waals surface area contributed by atoms with Crippen molar-refractivity contribution in [2.24, 2.45) is 11.8 Å². The largest absolute Gasteiger partial charge is 0.481 e. The number of hydrogen-bond acceptors (Lipinski definition) is 3. The number of ketones is 1. The van der Waals surface area contributed by atoms with Crippen molar-refractivity contribution in [3.05, 3.63) is 35.4 Å². The number of rotatable bonds is 3. The number of benzene rings is 1. The molecule has 2 N–H and O–H groups in total. The second kappa shape index (κ2) is 4.01. The van der Waals surface area contributed by atoms with Crippen LogP contribution in [-0.4, -0.2) is 27.9 Å². The average molecular weight is 234 g/mol. The molecule has 1 unspecified atom stereocenters. The van der Waals surface area contributed by atoms with Gasteiger partial charge in [-0.25, -0.2) is 0 Å². The summed E-state index contributed by atoms with van der Waals surface area (Å²) in [6, 6.07) is 6.73. The summed E-state index contributed by atoms with van der Waals surface area (Å²) in [5.41, 5.74) is 1.15. The molecule has 1 aromatic carbocycles. The van der Waals surface area contributed by atoms with Crippen molar-refractivity contribution >= 4 is 17.7 Å². The standard InChI is InChI=1S/C12H10O5/c13-10-7-4-2-1-3-6(7)5-8(10)9(11(14)15)12(16)17/h1-4,8-9H,5H2,(H,14,15)(H,16,17). The highest BCUT2D eigenvalue weighted by Gasteiger charge is 2.43. The first kappa shape index (κ1) is 11.3. The summed E-state index contributed by atoms with van der Waals surface area (Å²) in [7, 11) is 0. The number of aliphatic carboxylic acids is 2. The van der Waals surface area contributed by atoms with Crippen LogP contribution in [0.4, 0.5) is 0 Å². The minimum Gasteiger partial charge on any atom is -0.481 e. The molecule has 0 fully saturated rings. The molecule has 17 heavy (non-hydrogen) atoms.